The molecule has 1 amide bonds. The minimum Gasteiger partial charge on any atom is -0.486 e. The van der Waals surface area contributed by atoms with Gasteiger partial charge >= 0.3 is 0 Å². The van der Waals surface area contributed by atoms with E-state index >= 15 is 0 Å². The van der Waals surface area contributed by atoms with Crippen LogP contribution in [0.1, 0.15) is 10.4 Å². The van der Waals surface area contributed by atoms with Crippen LogP contribution in [-0.4, -0.2) is 45.1 Å². The van der Waals surface area contributed by atoms with Gasteiger partial charge in [0.25, 0.3) is 11.8 Å². The van der Waals surface area contributed by atoms with E-state index in [0.717, 1.165) is 22.0 Å². The summed E-state index contributed by atoms with van der Waals surface area (Å²) in [6.45, 7) is 1.05. The van der Waals surface area contributed by atoms with Crippen molar-refractivity contribution < 1.29 is 14.1 Å². The number of rotatable bonds is 5. The van der Waals surface area contributed by atoms with Gasteiger partial charge < -0.3 is 19.1 Å². The summed E-state index contributed by atoms with van der Waals surface area (Å²) in [5.41, 5.74) is 3.24. The Morgan fingerprint density at radius 3 is 2.70 bits per heavy atom. The fourth-order valence-corrected chi connectivity index (χ4v) is 4.00. The number of fused-ring (bicyclic) bond motifs is 1. The van der Waals surface area contributed by atoms with E-state index in [1.807, 2.05) is 85.1 Å². The number of aromatic nitrogens is 3. The highest BCUT2D eigenvalue weighted by molar-refractivity contribution is 5.98. The number of H-pyrrole nitrogens is 1. The first-order valence-corrected chi connectivity index (χ1v) is 10.8. The number of hydrogen-bond donors (Lipinski definition) is 1. The first-order chi connectivity index (χ1) is 16.2. The third-order valence-corrected chi connectivity index (χ3v) is 5.81. The Bertz CT molecular complexity index is 1430. The molecule has 1 aliphatic rings. The molecule has 1 fully saturated rings. The molecule has 0 bridgehead atoms. The molecular formula is C26H20N4O3. The maximum Gasteiger partial charge on any atom is 0.262 e. The van der Waals surface area contributed by atoms with Gasteiger partial charge in [-0.25, -0.2) is 0 Å². The van der Waals surface area contributed by atoms with Crippen molar-refractivity contribution in [3.8, 4) is 28.6 Å². The average molecular weight is 436 g/mol. The van der Waals surface area contributed by atoms with Crippen molar-refractivity contribution in [1.29, 1.82) is 0 Å². The zero-order chi connectivity index (χ0) is 22.2. The molecule has 6 rings (SSSR count). The van der Waals surface area contributed by atoms with Gasteiger partial charge in [-0.2, -0.15) is 4.98 Å². The topological polar surface area (TPSA) is 84.2 Å². The first kappa shape index (κ1) is 19.3. The molecule has 2 aromatic heterocycles. The van der Waals surface area contributed by atoms with Gasteiger partial charge in [-0.05, 0) is 35.7 Å². The quantitative estimate of drug-likeness (QED) is 0.428. The highest BCUT2D eigenvalue weighted by atomic mass is 16.5. The molecule has 1 aliphatic heterocycles. The van der Waals surface area contributed by atoms with Crippen molar-refractivity contribution in [3.05, 3.63) is 90.6 Å². The molecule has 0 aliphatic carbocycles. The minimum absolute atomic E-state index is 0.00374. The molecule has 3 aromatic carbocycles. The Morgan fingerprint density at radius 1 is 1.00 bits per heavy atom. The van der Waals surface area contributed by atoms with Crippen molar-refractivity contribution in [1.82, 2.24) is 20.0 Å². The molecule has 7 heteroatoms. The van der Waals surface area contributed by atoms with Crippen LogP contribution >= 0.6 is 0 Å². The van der Waals surface area contributed by atoms with Crippen LogP contribution in [0.5, 0.6) is 5.75 Å². The molecule has 33 heavy (non-hydrogen) atoms. The van der Waals surface area contributed by atoms with Gasteiger partial charge in [0.2, 0.25) is 5.82 Å². The standard InChI is InChI=1S/C26H20N4O3/c31-26(19-11-10-17-12-13-27-22(17)14-19)30-15-20(16-30)32-23-9-5-4-8-21(23)25-28-24(29-33-25)18-6-2-1-3-7-18/h1-14,20,27H,15-16H2. The Hall–Kier alpha value is -4.39. The molecule has 0 spiro atoms. The van der Waals surface area contributed by atoms with Crippen molar-refractivity contribution in [2.75, 3.05) is 13.1 Å². The summed E-state index contributed by atoms with van der Waals surface area (Å²) in [4.78, 5) is 22.3. The Kier molecular flexibility index (Phi) is 4.65. The minimum atomic E-state index is -0.0964. The molecule has 0 atom stereocenters. The Morgan fingerprint density at radius 2 is 1.82 bits per heavy atom. The second-order valence-electron chi connectivity index (χ2n) is 8.02. The summed E-state index contributed by atoms with van der Waals surface area (Å²) >= 11 is 0. The molecule has 3 heterocycles. The monoisotopic (exact) mass is 436 g/mol. The van der Waals surface area contributed by atoms with Crippen LogP contribution in [0.4, 0.5) is 0 Å². The van der Waals surface area contributed by atoms with Crippen LogP contribution in [0, 0.1) is 0 Å². The van der Waals surface area contributed by atoms with Crippen molar-refractivity contribution in [2.45, 2.75) is 6.10 Å². The summed E-state index contributed by atoms with van der Waals surface area (Å²) in [7, 11) is 0. The predicted molar refractivity (Wildman–Crippen MR) is 124 cm³/mol. The fourth-order valence-electron chi connectivity index (χ4n) is 4.00. The van der Waals surface area contributed by atoms with Crippen LogP contribution in [0.15, 0.2) is 89.6 Å². The molecule has 1 N–H and O–H groups in total. The number of amides is 1. The van der Waals surface area contributed by atoms with Gasteiger partial charge in [-0.1, -0.05) is 53.7 Å². The van der Waals surface area contributed by atoms with E-state index < -0.39 is 0 Å². The number of aromatic amines is 1. The molecule has 0 unspecified atom stereocenters. The predicted octanol–water partition coefficient (Wildman–Crippen LogP) is 4.79. The van der Waals surface area contributed by atoms with Crippen LogP contribution in [0.2, 0.25) is 0 Å². The molecule has 0 radical (unpaired) electrons. The summed E-state index contributed by atoms with van der Waals surface area (Å²) in [5, 5.41) is 5.19. The third-order valence-electron chi connectivity index (χ3n) is 5.81. The maximum atomic E-state index is 12.8. The lowest BCUT2D eigenvalue weighted by molar-refractivity contribution is 0.0179. The Labute approximate surface area is 189 Å². The second-order valence-corrected chi connectivity index (χ2v) is 8.02. The SMILES string of the molecule is O=C(c1ccc2cc[nH]c2c1)N1CC(Oc2ccccc2-c2nc(-c3ccccc3)no2)C1. The number of hydrogen-bond acceptors (Lipinski definition) is 5. The third kappa shape index (κ3) is 3.63. The maximum absolute atomic E-state index is 12.8. The van der Waals surface area contributed by atoms with Gasteiger partial charge in [0.05, 0.1) is 18.7 Å². The summed E-state index contributed by atoms with van der Waals surface area (Å²) < 4.78 is 11.7. The van der Waals surface area contributed by atoms with E-state index in [4.69, 9.17) is 9.26 Å². The zero-order valence-electron chi connectivity index (χ0n) is 17.6. The summed E-state index contributed by atoms with van der Waals surface area (Å²) in [5.74, 6) is 1.59. The molecule has 5 aromatic rings. The molecule has 162 valence electrons. The van der Waals surface area contributed by atoms with Gasteiger partial charge in [0.15, 0.2) is 0 Å². The number of carbonyl (C=O) groups excluding carboxylic acids is 1. The second kappa shape index (κ2) is 7.94. The molecule has 0 saturated carbocycles. The number of para-hydroxylation sites is 1. The van der Waals surface area contributed by atoms with Gasteiger partial charge in [0, 0.05) is 22.8 Å². The lowest BCUT2D eigenvalue weighted by Crippen LogP contribution is -2.56. The lowest BCUT2D eigenvalue weighted by atomic mass is 10.1. The number of nitrogens with one attached hydrogen (secondary N) is 1. The summed E-state index contributed by atoms with van der Waals surface area (Å²) in [6.07, 6.45) is 1.77. The molecule has 7 nitrogen and oxygen atoms in total. The van der Waals surface area contributed by atoms with E-state index in [9.17, 15) is 4.79 Å². The van der Waals surface area contributed by atoms with Crippen LogP contribution < -0.4 is 4.74 Å². The van der Waals surface area contributed by atoms with E-state index in [2.05, 4.69) is 15.1 Å². The number of ether oxygens (including phenoxy) is 1. The smallest absolute Gasteiger partial charge is 0.262 e. The van der Waals surface area contributed by atoms with E-state index in [-0.39, 0.29) is 12.0 Å². The summed E-state index contributed by atoms with van der Waals surface area (Å²) in [6, 6.07) is 25.0. The van der Waals surface area contributed by atoms with Crippen molar-refractivity contribution in [3.63, 3.8) is 0 Å². The van der Waals surface area contributed by atoms with Crippen LogP contribution in [0.3, 0.4) is 0 Å². The fraction of sp³-hybridized carbons (Fsp3) is 0.115. The van der Waals surface area contributed by atoms with E-state index in [0.29, 0.717) is 36.1 Å². The number of benzene rings is 3. The highest BCUT2D eigenvalue weighted by Gasteiger charge is 2.33. The van der Waals surface area contributed by atoms with Gasteiger partial charge in [-0.15, -0.1) is 0 Å². The van der Waals surface area contributed by atoms with Crippen molar-refractivity contribution in [2.24, 2.45) is 0 Å². The molecular weight excluding hydrogens is 416 g/mol. The van der Waals surface area contributed by atoms with Gasteiger partial charge in [0.1, 0.15) is 11.9 Å². The number of likely N-dealkylation sites (tertiary alicyclic amines) is 1. The van der Waals surface area contributed by atoms with Crippen LogP contribution in [0.25, 0.3) is 33.7 Å². The number of nitrogens with zero attached hydrogens (tertiary/aromatic N) is 3. The van der Waals surface area contributed by atoms with Crippen molar-refractivity contribution >= 4 is 16.8 Å². The number of carbonyl (C=O) groups is 1. The highest BCUT2D eigenvalue weighted by Crippen LogP contribution is 2.32. The normalized spacial score (nSPS) is 13.8. The average Bonchev–Trinajstić information content (AvgIpc) is 3.51. The largest absolute Gasteiger partial charge is 0.486 e. The molecule has 1 saturated heterocycles. The van der Waals surface area contributed by atoms with Gasteiger partial charge in [-0.3, -0.25) is 4.79 Å². The van der Waals surface area contributed by atoms with Crippen LogP contribution in [-0.2, 0) is 0 Å². The first-order valence-electron chi connectivity index (χ1n) is 10.8. The lowest BCUT2D eigenvalue weighted by Gasteiger charge is -2.39. The van der Waals surface area contributed by atoms with E-state index in [1.54, 1.807) is 4.90 Å². The zero-order valence-corrected chi connectivity index (χ0v) is 17.6. The van der Waals surface area contributed by atoms with E-state index in [1.165, 1.54) is 0 Å². The Balaban J connectivity index is 1.15.